The first-order valence-corrected chi connectivity index (χ1v) is 10.7. The molecule has 1 aromatic rings. The van der Waals surface area contributed by atoms with Crippen molar-refractivity contribution in [2.24, 2.45) is 0 Å². The number of carbonyl (C=O) groups is 2. The summed E-state index contributed by atoms with van der Waals surface area (Å²) in [6.07, 6.45) is 7.52. The van der Waals surface area contributed by atoms with Gasteiger partial charge in [0.15, 0.2) is 0 Å². The number of carbonyl (C=O) groups excluding carboxylic acids is 2. The molecule has 4 rings (SSSR count). The molecule has 1 aliphatic carbocycles. The molecule has 2 amide bonds. The van der Waals surface area contributed by atoms with Gasteiger partial charge in [0.25, 0.3) is 0 Å². The van der Waals surface area contributed by atoms with Crippen LogP contribution in [0.2, 0.25) is 0 Å². The van der Waals surface area contributed by atoms with Crippen molar-refractivity contribution in [1.29, 1.82) is 5.41 Å². The van der Waals surface area contributed by atoms with Gasteiger partial charge in [-0.25, -0.2) is 4.79 Å². The topological polar surface area (TPSA) is 82.5 Å². The number of nitrogens with zero attached hydrogens (tertiary/aromatic N) is 1. The van der Waals surface area contributed by atoms with Gasteiger partial charge in [0, 0.05) is 25.6 Å². The SMILES string of the molecule is CC(C)(C)OC(=O)N1CC[C-]=C2C(=N)CC(=O)NCC21.[K+].[c-]1ccc(C2CCC2)cc1. The second-order valence-corrected chi connectivity index (χ2v) is 8.95. The molecule has 1 unspecified atom stereocenters. The van der Waals surface area contributed by atoms with Gasteiger partial charge in [-0.2, -0.15) is 41.5 Å². The third-order valence-electron chi connectivity index (χ3n) is 5.48. The number of benzene rings is 1. The molecule has 2 heterocycles. The Bertz CT molecular complexity index is 813. The predicted octanol–water partition coefficient (Wildman–Crippen LogP) is 1.02. The second-order valence-electron chi connectivity index (χ2n) is 8.95. The van der Waals surface area contributed by atoms with E-state index in [0.29, 0.717) is 25.1 Å². The van der Waals surface area contributed by atoms with Crippen LogP contribution in [0.15, 0.2) is 29.8 Å². The molecule has 7 heteroatoms. The molecular weight excluding hydrogens is 417 g/mol. The van der Waals surface area contributed by atoms with Gasteiger partial charge in [-0.15, -0.1) is 5.71 Å². The quantitative estimate of drug-likeness (QED) is 0.497. The van der Waals surface area contributed by atoms with Gasteiger partial charge in [-0.05, 0) is 39.5 Å². The molecule has 2 N–H and O–H groups in total. The Morgan fingerprint density at radius 1 is 1.26 bits per heavy atom. The number of rotatable bonds is 1. The van der Waals surface area contributed by atoms with Crippen molar-refractivity contribution in [1.82, 2.24) is 10.2 Å². The predicted molar refractivity (Wildman–Crippen MR) is 115 cm³/mol. The Morgan fingerprint density at radius 3 is 2.52 bits per heavy atom. The maximum Gasteiger partial charge on any atom is 1.00 e. The normalized spacial score (nSPS) is 21.1. The maximum absolute atomic E-state index is 12.2. The molecule has 6 nitrogen and oxygen atoms in total. The van der Waals surface area contributed by atoms with Gasteiger partial charge in [0.1, 0.15) is 5.60 Å². The van der Waals surface area contributed by atoms with Gasteiger partial charge in [0.05, 0.1) is 0 Å². The van der Waals surface area contributed by atoms with Crippen LogP contribution in [-0.4, -0.2) is 47.3 Å². The fourth-order valence-corrected chi connectivity index (χ4v) is 3.74. The molecule has 2 fully saturated rings. The fraction of sp³-hybridized carbons (Fsp3) is 0.542. The minimum absolute atomic E-state index is 0. The number of nitrogens with one attached hydrogen (secondary N) is 2. The Morgan fingerprint density at radius 2 is 1.94 bits per heavy atom. The van der Waals surface area contributed by atoms with E-state index >= 15 is 0 Å². The summed E-state index contributed by atoms with van der Waals surface area (Å²) >= 11 is 0. The summed E-state index contributed by atoms with van der Waals surface area (Å²) in [6, 6.07) is 11.1. The van der Waals surface area contributed by atoms with Gasteiger partial charge < -0.3 is 20.4 Å². The van der Waals surface area contributed by atoms with E-state index in [9.17, 15) is 9.59 Å². The summed E-state index contributed by atoms with van der Waals surface area (Å²) < 4.78 is 5.39. The molecular formula is C24H31KN3O3-. The van der Waals surface area contributed by atoms with Crippen LogP contribution >= 0.6 is 0 Å². The zero-order valence-corrected chi connectivity index (χ0v) is 22.2. The monoisotopic (exact) mass is 448 g/mol. The van der Waals surface area contributed by atoms with Gasteiger partial charge in [-0.3, -0.25) is 10.9 Å². The molecule has 1 aromatic carbocycles. The van der Waals surface area contributed by atoms with Crippen LogP contribution in [0.25, 0.3) is 0 Å². The summed E-state index contributed by atoms with van der Waals surface area (Å²) in [4.78, 5) is 25.3. The van der Waals surface area contributed by atoms with E-state index in [4.69, 9.17) is 10.1 Å². The van der Waals surface area contributed by atoms with Crippen molar-refractivity contribution in [3.8, 4) is 0 Å². The Labute approximate surface area is 228 Å². The van der Waals surface area contributed by atoms with Crippen LogP contribution in [0.4, 0.5) is 4.79 Å². The van der Waals surface area contributed by atoms with Crippen molar-refractivity contribution < 1.29 is 65.7 Å². The van der Waals surface area contributed by atoms with Crippen LogP contribution < -0.4 is 56.7 Å². The zero-order chi connectivity index (χ0) is 21.7. The first-order chi connectivity index (χ1) is 14.2. The van der Waals surface area contributed by atoms with Crippen LogP contribution in [0.3, 0.4) is 0 Å². The zero-order valence-electron chi connectivity index (χ0n) is 19.1. The van der Waals surface area contributed by atoms with Crippen molar-refractivity contribution in [3.05, 3.63) is 47.5 Å². The third kappa shape index (κ3) is 7.53. The summed E-state index contributed by atoms with van der Waals surface area (Å²) in [7, 11) is 0. The number of ether oxygens (including phenoxy) is 1. The number of hydrogen-bond donors (Lipinski definition) is 2. The first-order valence-electron chi connectivity index (χ1n) is 10.7. The fourth-order valence-electron chi connectivity index (χ4n) is 3.74. The van der Waals surface area contributed by atoms with Crippen LogP contribution in [-0.2, 0) is 9.53 Å². The van der Waals surface area contributed by atoms with E-state index in [0.717, 1.165) is 5.92 Å². The average Bonchev–Trinajstić information content (AvgIpc) is 2.78. The largest absolute Gasteiger partial charge is 1.00 e. The molecule has 162 valence electrons. The molecule has 1 saturated heterocycles. The van der Waals surface area contributed by atoms with Crippen LogP contribution in [0.1, 0.15) is 64.4 Å². The van der Waals surface area contributed by atoms with Crippen molar-refractivity contribution >= 4 is 17.7 Å². The minimum atomic E-state index is -0.566. The van der Waals surface area contributed by atoms with Crippen molar-refractivity contribution in [2.75, 3.05) is 13.1 Å². The van der Waals surface area contributed by atoms with Gasteiger partial charge in [0.2, 0.25) is 5.91 Å². The maximum atomic E-state index is 12.2. The number of amides is 2. The average molecular weight is 449 g/mol. The summed E-state index contributed by atoms with van der Waals surface area (Å²) in [5.74, 6) is 0.678. The second kappa shape index (κ2) is 11.7. The number of hydrogen-bond acceptors (Lipinski definition) is 4. The molecule has 0 bridgehead atoms. The Hall–Kier alpha value is -0.994. The van der Waals surface area contributed by atoms with Crippen molar-refractivity contribution in [3.63, 3.8) is 0 Å². The summed E-state index contributed by atoms with van der Waals surface area (Å²) in [6.45, 7) is 6.24. The van der Waals surface area contributed by atoms with Crippen LogP contribution in [0, 0.1) is 17.6 Å². The smallest absolute Gasteiger partial charge is 0.444 e. The standard InChI is InChI=1S/C14H20N3O3.C10H11.K/c1-14(2,3)20-13(19)17-6-4-5-9-10(15)7-12(18)16-8-11(9)17;1-2-5-9(6-3-1)10-7-4-8-10;/h11,15H,4,6-8H2,1-3H3,(H,16,18);2-3,5-6,10H,4,7-8H2;/q2*-1;+1. The van der Waals surface area contributed by atoms with Crippen LogP contribution in [0.5, 0.6) is 0 Å². The summed E-state index contributed by atoms with van der Waals surface area (Å²) in [5, 5.41) is 10.7. The van der Waals surface area contributed by atoms with Gasteiger partial charge >= 0.3 is 57.5 Å². The molecule has 0 spiro atoms. The Kier molecular flexibility index (Phi) is 9.95. The van der Waals surface area contributed by atoms with E-state index in [2.05, 4.69) is 29.6 Å². The van der Waals surface area contributed by atoms with E-state index in [1.807, 2.05) is 32.9 Å². The van der Waals surface area contributed by atoms with Gasteiger partial charge in [-0.1, -0.05) is 12.8 Å². The minimum Gasteiger partial charge on any atom is -0.444 e. The molecule has 3 aliphatic rings. The third-order valence-corrected chi connectivity index (χ3v) is 5.48. The molecule has 0 aromatic heterocycles. The Balaban J connectivity index is 0.000000260. The summed E-state index contributed by atoms with van der Waals surface area (Å²) in [5.41, 5.74) is 1.81. The van der Waals surface area contributed by atoms with Crippen molar-refractivity contribution in [2.45, 2.75) is 70.4 Å². The van der Waals surface area contributed by atoms with E-state index in [-0.39, 0.29) is 75.5 Å². The molecule has 2 aliphatic heterocycles. The number of fused-ring (bicyclic) bond motifs is 1. The van der Waals surface area contributed by atoms with E-state index in [1.54, 1.807) is 4.90 Å². The molecule has 31 heavy (non-hydrogen) atoms. The van der Waals surface area contributed by atoms with E-state index in [1.165, 1.54) is 24.8 Å². The molecule has 1 atom stereocenters. The first kappa shape index (κ1) is 26.3. The van der Waals surface area contributed by atoms with E-state index < -0.39 is 11.7 Å². The molecule has 1 saturated carbocycles. The molecule has 0 radical (unpaired) electrons.